The molecule has 0 spiro atoms. The minimum Gasteiger partial charge on any atom is -0.466 e. The normalized spacial score (nSPS) is 21.4. The fourth-order valence-electron chi connectivity index (χ4n) is 4.05. The third kappa shape index (κ3) is 5.01. The molecule has 2 heterocycles. The van der Waals surface area contributed by atoms with E-state index in [4.69, 9.17) is 14.6 Å². The molecule has 0 aliphatic carbocycles. The molecule has 7 heteroatoms. The van der Waals surface area contributed by atoms with E-state index in [1.54, 1.807) is 16.7 Å². The van der Waals surface area contributed by atoms with Crippen molar-refractivity contribution < 1.29 is 24.2 Å². The summed E-state index contributed by atoms with van der Waals surface area (Å²) in [4.78, 5) is 27.5. The van der Waals surface area contributed by atoms with Crippen molar-refractivity contribution in [2.75, 3.05) is 25.2 Å². The third-order valence-electron chi connectivity index (χ3n) is 5.35. The maximum absolute atomic E-state index is 13.0. The van der Waals surface area contributed by atoms with Gasteiger partial charge in [-0.1, -0.05) is 24.3 Å². The number of aliphatic hydroxyl groups excluding tert-OH is 1. The first-order chi connectivity index (χ1) is 14.2. The van der Waals surface area contributed by atoms with Gasteiger partial charge in [-0.2, -0.15) is 11.8 Å². The average Bonchev–Trinajstić information content (AvgIpc) is 2.70. The van der Waals surface area contributed by atoms with Gasteiger partial charge in [-0.3, -0.25) is 4.90 Å². The number of thioether (sulfide) groups is 1. The zero-order valence-corrected chi connectivity index (χ0v) is 19.0. The number of ether oxygens (including phenoxy) is 2. The first-order valence-electron chi connectivity index (χ1n) is 10.4. The van der Waals surface area contributed by atoms with Crippen molar-refractivity contribution in [2.45, 2.75) is 57.7 Å². The molecule has 30 heavy (non-hydrogen) atoms. The van der Waals surface area contributed by atoms with Crippen molar-refractivity contribution in [1.82, 2.24) is 4.90 Å². The predicted octanol–water partition coefficient (Wildman–Crippen LogP) is 3.66. The van der Waals surface area contributed by atoms with Gasteiger partial charge in [0.15, 0.2) is 0 Å². The van der Waals surface area contributed by atoms with Crippen LogP contribution in [0.5, 0.6) is 0 Å². The van der Waals surface area contributed by atoms with E-state index in [2.05, 4.69) is 0 Å². The highest BCUT2D eigenvalue weighted by atomic mass is 32.2. The number of hydrogen-bond acceptors (Lipinski definition) is 6. The van der Waals surface area contributed by atoms with E-state index >= 15 is 0 Å². The number of aliphatic hydroxyl groups is 1. The SMILES string of the molecule is COC(=O)C1=C(c2ccc(CCCO)cc2)CC2CSCC1N2C(=O)OC(C)(C)C. The number of methoxy groups -OCH3 is 1. The van der Waals surface area contributed by atoms with Gasteiger partial charge in [-0.05, 0) is 56.7 Å². The van der Waals surface area contributed by atoms with Crippen molar-refractivity contribution >= 4 is 29.4 Å². The largest absolute Gasteiger partial charge is 0.466 e. The van der Waals surface area contributed by atoms with Crippen LogP contribution in [-0.4, -0.2) is 65.0 Å². The van der Waals surface area contributed by atoms with Crippen LogP contribution in [0.15, 0.2) is 29.8 Å². The molecule has 0 radical (unpaired) electrons. The van der Waals surface area contributed by atoms with Gasteiger partial charge in [0.05, 0.1) is 18.7 Å². The lowest BCUT2D eigenvalue weighted by atomic mass is 9.85. The Labute approximate surface area is 182 Å². The first kappa shape index (κ1) is 22.7. The van der Waals surface area contributed by atoms with E-state index in [-0.39, 0.29) is 24.8 Å². The van der Waals surface area contributed by atoms with Gasteiger partial charge >= 0.3 is 12.1 Å². The van der Waals surface area contributed by atoms with Crippen molar-refractivity contribution in [3.63, 3.8) is 0 Å². The molecule has 2 unspecified atom stereocenters. The van der Waals surface area contributed by atoms with Gasteiger partial charge in [0, 0.05) is 24.2 Å². The minimum atomic E-state index is -0.599. The van der Waals surface area contributed by atoms with Crippen LogP contribution < -0.4 is 0 Å². The Kier molecular flexibility index (Phi) is 7.14. The summed E-state index contributed by atoms with van der Waals surface area (Å²) < 4.78 is 10.8. The lowest BCUT2D eigenvalue weighted by molar-refractivity contribution is -0.136. The summed E-state index contributed by atoms with van der Waals surface area (Å²) >= 11 is 1.75. The lowest BCUT2D eigenvalue weighted by Crippen LogP contribution is -2.57. The number of nitrogens with zero attached hydrogens (tertiary/aromatic N) is 1. The number of carbonyl (C=O) groups is 2. The molecular formula is C23H31NO5S. The van der Waals surface area contributed by atoms with Crippen LogP contribution in [-0.2, 0) is 20.7 Å². The summed E-state index contributed by atoms with van der Waals surface area (Å²) in [6.45, 7) is 5.71. The van der Waals surface area contributed by atoms with Crippen LogP contribution in [0.3, 0.4) is 0 Å². The summed E-state index contributed by atoms with van der Waals surface area (Å²) in [7, 11) is 1.38. The van der Waals surface area contributed by atoms with Crippen LogP contribution in [0.2, 0.25) is 0 Å². The molecule has 3 rings (SSSR count). The molecular weight excluding hydrogens is 402 g/mol. The number of rotatable bonds is 5. The van der Waals surface area contributed by atoms with E-state index in [0.29, 0.717) is 17.7 Å². The second-order valence-corrected chi connectivity index (χ2v) is 9.78. The van der Waals surface area contributed by atoms with E-state index in [1.165, 1.54) is 7.11 Å². The standard InChI is InChI=1S/C23H31NO5S/c1-23(2,3)29-22(27)24-17-12-18(16-9-7-15(8-10-16)6-5-11-25)20(21(26)28-4)19(24)14-30-13-17/h7-10,17,19,25H,5-6,11-14H2,1-4H3. The number of fused-ring (bicyclic) bond motifs is 2. The van der Waals surface area contributed by atoms with Gasteiger partial charge < -0.3 is 14.6 Å². The summed E-state index contributed by atoms with van der Waals surface area (Å²) in [5.74, 6) is 1.05. The molecule has 164 valence electrons. The number of carbonyl (C=O) groups excluding carboxylic acids is 2. The minimum absolute atomic E-state index is 0.0268. The Morgan fingerprint density at radius 3 is 2.50 bits per heavy atom. The molecule has 1 N–H and O–H groups in total. The number of benzene rings is 1. The van der Waals surface area contributed by atoms with Crippen LogP contribution in [0.4, 0.5) is 4.79 Å². The molecule has 1 aromatic rings. The van der Waals surface area contributed by atoms with Crippen molar-refractivity contribution in [3.05, 3.63) is 41.0 Å². The topological polar surface area (TPSA) is 76.1 Å². The highest BCUT2D eigenvalue weighted by molar-refractivity contribution is 7.99. The van der Waals surface area contributed by atoms with Crippen molar-refractivity contribution in [1.29, 1.82) is 0 Å². The predicted molar refractivity (Wildman–Crippen MR) is 118 cm³/mol. The molecule has 6 nitrogen and oxygen atoms in total. The molecule has 2 atom stereocenters. The van der Waals surface area contributed by atoms with E-state index in [9.17, 15) is 9.59 Å². The molecule has 2 aliphatic rings. The Morgan fingerprint density at radius 2 is 1.90 bits per heavy atom. The number of amides is 1. The van der Waals surface area contributed by atoms with Crippen LogP contribution in [0, 0.1) is 0 Å². The Balaban J connectivity index is 1.98. The van der Waals surface area contributed by atoms with Gasteiger partial charge in [-0.15, -0.1) is 0 Å². The molecule has 1 fully saturated rings. The van der Waals surface area contributed by atoms with E-state index < -0.39 is 11.6 Å². The lowest BCUT2D eigenvalue weighted by Gasteiger charge is -2.46. The highest BCUT2D eigenvalue weighted by Crippen LogP contribution is 2.41. The fourth-order valence-corrected chi connectivity index (χ4v) is 5.28. The first-order valence-corrected chi connectivity index (χ1v) is 11.5. The van der Waals surface area contributed by atoms with Crippen LogP contribution in [0.25, 0.3) is 5.57 Å². The molecule has 0 aromatic heterocycles. The molecule has 1 amide bonds. The van der Waals surface area contributed by atoms with Crippen molar-refractivity contribution in [3.8, 4) is 0 Å². The Morgan fingerprint density at radius 1 is 1.20 bits per heavy atom. The number of aryl methyl sites for hydroxylation is 1. The molecule has 1 saturated heterocycles. The fraction of sp³-hybridized carbons (Fsp3) is 0.565. The summed E-state index contributed by atoms with van der Waals surface area (Å²) in [6.07, 6.45) is 1.75. The maximum atomic E-state index is 13.0. The smallest absolute Gasteiger partial charge is 0.411 e. The quantitative estimate of drug-likeness (QED) is 0.714. The average molecular weight is 434 g/mol. The van der Waals surface area contributed by atoms with E-state index in [1.807, 2.05) is 45.0 Å². The highest BCUT2D eigenvalue weighted by Gasteiger charge is 2.46. The van der Waals surface area contributed by atoms with Crippen molar-refractivity contribution in [2.24, 2.45) is 0 Å². The molecule has 0 saturated carbocycles. The summed E-state index contributed by atoms with van der Waals surface area (Å²) in [6, 6.07) is 7.73. The molecule has 1 aromatic carbocycles. The number of esters is 1. The zero-order chi connectivity index (χ0) is 21.9. The van der Waals surface area contributed by atoms with Gasteiger partial charge in [0.2, 0.25) is 0 Å². The maximum Gasteiger partial charge on any atom is 0.411 e. The Bertz CT molecular complexity index is 812. The van der Waals surface area contributed by atoms with Gasteiger partial charge in [0.1, 0.15) is 5.60 Å². The zero-order valence-electron chi connectivity index (χ0n) is 18.1. The van der Waals surface area contributed by atoms with E-state index in [0.717, 1.165) is 35.3 Å². The second kappa shape index (κ2) is 9.43. The third-order valence-corrected chi connectivity index (χ3v) is 6.52. The summed E-state index contributed by atoms with van der Waals surface area (Å²) in [5, 5.41) is 9.04. The van der Waals surface area contributed by atoms with Crippen LogP contribution in [0.1, 0.15) is 44.7 Å². The van der Waals surface area contributed by atoms with Gasteiger partial charge in [0.25, 0.3) is 0 Å². The van der Waals surface area contributed by atoms with Crippen LogP contribution >= 0.6 is 11.8 Å². The number of hydrogen-bond donors (Lipinski definition) is 1. The summed E-state index contributed by atoms with van der Waals surface area (Å²) in [5.41, 5.74) is 3.03. The van der Waals surface area contributed by atoms with Gasteiger partial charge in [-0.25, -0.2) is 9.59 Å². The monoisotopic (exact) mass is 433 g/mol. The molecule has 2 bridgehead atoms. The molecule has 2 aliphatic heterocycles. The Hall–Kier alpha value is -1.99. The second-order valence-electron chi connectivity index (χ2n) is 8.71.